The second-order valence-electron chi connectivity index (χ2n) is 6.46. The molecular formula is C21H20ClN3O6. The molecule has 0 spiro atoms. The number of nitrogens with two attached hydrogens (primary N) is 1. The zero-order chi connectivity index (χ0) is 21.7. The van der Waals surface area contributed by atoms with E-state index >= 15 is 0 Å². The molecule has 10 heteroatoms. The summed E-state index contributed by atoms with van der Waals surface area (Å²) >= 11 is 0. The Bertz CT molecular complexity index is 1140. The first-order valence-corrected chi connectivity index (χ1v) is 8.99. The van der Waals surface area contributed by atoms with Crippen molar-refractivity contribution < 1.29 is 28.6 Å². The van der Waals surface area contributed by atoms with E-state index in [2.05, 4.69) is 5.32 Å². The Labute approximate surface area is 183 Å². The van der Waals surface area contributed by atoms with Crippen LogP contribution in [0.3, 0.4) is 0 Å². The number of carboxylic acid groups (broad SMARTS) is 1. The lowest BCUT2D eigenvalue weighted by atomic mass is 10.1. The Morgan fingerprint density at radius 3 is 2.45 bits per heavy atom. The lowest BCUT2D eigenvalue weighted by molar-refractivity contribution is -0.138. The predicted octanol–water partition coefficient (Wildman–Crippen LogP) is 2.84. The molecule has 0 aliphatic carbocycles. The summed E-state index contributed by atoms with van der Waals surface area (Å²) in [4.78, 5) is 34.3. The van der Waals surface area contributed by atoms with E-state index in [1.807, 2.05) is 0 Å². The number of benzene rings is 2. The summed E-state index contributed by atoms with van der Waals surface area (Å²) in [6.45, 7) is 0.0280. The van der Waals surface area contributed by atoms with Gasteiger partial charge in [-0.3, -0.25) is 15.0 Å². The number of halogens is 1. The number of nitrogens with one attached hydrogen (secondary N) is 2. The fourth-order valence-corrected chi connectivity index (χ4v) is 2.69. The highest BCUT2D eigenvalue weighted by atomic mass is 35.5. The number of amides is 1. The number of aliphatic carboxylic acids is 1. The van der Waals surface area contributed by atoms with E-state index in [9.17, 15) is 14.4 Å². The van der Waals surface area contributed by atoms with Crippen LogP contribution >= 0.6 is 12.4 Å². The van der Waals surface area contributed by atoms with E-state index in [0.29, 0.717) is 17.1 Å². The molecule has 1 heterocycles. The van der Waals surface area contributed by atoms with Crippen LogP contribution in [-0.2, 0) is 16.1 Å². The zero-order valence-corrected chi connectivity index (χ0v) is 17.0. The average molecular weight is 446 g/mol. The van der Waals surface area contributed by atoms with Crippen molar-refractivity contribution in [2.45, 2.75) is 19.4 Å². The number of ether oxygens (including phenoxy) is 1. The van der Waals surface area contributed by atoms with Gasteiger partial charge in [-0.05, 0) is 41.1 Å². The average Bonchev–Trinajstić information content (AvgIpc) is 3.19. The molecule has 0 aliphatic heterocycles. The molecule has 0 radical (unpaired) electrons. The summed E-state index contributed by atoms with van der Waals surface area (Å²) in [5, 5.41) is 20.2. The molecule has 0 saturated carbocycles. The Kier molecular flexibility index (Phi) is 7.75. The van der Waals surface area contributed by atoms with Crippen LogP contribution in [0.5, 0.6) is 5.75 Å². The van der Waals surface area contributed by atoms with Gasteiger partial charge in [-0.1, -0.05) is 18.2 Å². The number of carbonyl (C=O) groups excluding carboxylic acids is 2. The van der Waals surface area contributed by atoms with Gasteiger partial charge in [-0.15, -0.1) is 12.4 Å². The highest BCUT2D eigenvalue weighted by Crippen LogP contribution is 2.23. The largest absolute Gasteiger partial charge is 0.481 e. The van der Waals surface area contributed by atoms with Crippen LogP contribution in [0, 0.1) is 5.41 Å². The van der Waals surface area contributed by atoms with E-state index in [4.69, 9.17) is 25.4 Å². The smallest absolute Gasteiger partial charge is 0.379 e. The third kappa shape index (κ3) is 6.31. The molecule has 3 aromatic rings. The number of nitrogen functional groups attached to an aromatic ring is 1. The van der Waals surface area contributed by atoms with E-state index in [-0.39, 0.29) is 43.4 Å². The fraction of sp³-hybridized carbons (Fsp3) is 0.143. The summed E-state index contributed by atoms with van der Waals surface area (Å²) in [5.74, 6) is -1.58. The Balaban J connectivity index is 0.00000341. The zero-order valence-electron chi connectivity index (χ0n) is 16.2. The maximum atomic E-state index is 12.3. The van der Waals surface area contributed by atoms with Crippen LogP contribution in [0.25, 0.3) is 10.8 Å². The van der Waals surface area contributed by atoms with Gasteiger partial charge in [-0.25, -0.2) is 4.79 Å². The topological polar surface area (TPSA) is 156 Å². The number of fused-ring (bicyclic) bond motifs is 1. The van der Waals surface area contributed by atoms with Crippen LogP contribution in [0.2, 0.25) is 0 Å². The van der Waals surface area contributed by atoms with Crippen LogP contribution in [-0.4, -0.2) is 28.8 Å². The molecule has 0 aliphatic rings. The molecule has 1 amide bonds. The molecule has 0 bridgehead atoms. The van der Waals surface area contributed by atoms with Crippen LogP contribution < -0.4 is 15.8 Å². The number of rotatable bonds is 8. The van der Waals surface area contributed by atoms with Crippen molar-refractivity contribution in [3.05, 3.63) is 65.6 Å². The summed E-state index contributed by atoms with van der Waals surface area (Å²) < 4.78 is 10.7. The minimum Gasteiger partial charge on any atom is -0.481 e. The Morgan fingerprint density at radius 1 is 1.03 bits per heavy atom. The first-order valence-electron chi connectivity index (χ1n) is 8.99. The fourth-order valence-electron chi connectivity index (χ4n) is 2.69. The molecule has 1 aromatic heterocycles. The normalized spacial score (nSPS) is 10.2. The summed E-state index contributed by atoms with van der Waals surface area (Å²) in [7, 11) is 0. The van der Waals surface area contributed by atoms with Crippen LogP contribution in [0.1, 0.15) is 34.7 Å². The minimum atomic E-state index is -1.05. The van der Waals surface area contributed by atoms with E-state index in [1.54, 1.807) is 36.4 Å². The number of hydrogen-bond acceptors (Lipinski definition) is 6. The maximum Gasteiger partial charge on any atom is 0.379 e. The maximum absolute atomic E-state index is 12.3. The molecule has 0 unspecified atom stereocenters. The molecule has 162 valence electrons. The number of hydrogen-bond donors (Lipinski definition) is 4. The summed E-state index contributed by atoms with van der Waals surface area (Å²) in [5.41, 5.74) is 6.09. The van der Waals surface area contributed by atoms with Gasteiger partial charge < -0.3 is 25.3 Å². The van der Waals surface area contributed by atoms with Gasteiger partial charge in [0.05, 0.1) is 13.0 Å². The van der Waals surface area contributed by atoms with Gasteiger partial charge in [0.1, 0.15) is 17.3 Å². The van der Waals surface area contributed by atoms with Crippen LogP contribution in [0.4, 0.5) is 0 Å². The first kappa shape index (κ1) is 23.4. The van der Waals surface area contributed by atoms with Crippen molar-refractivity contribution in [2.24, 2.45) is 5.73 Å². The van der Waals surface area contributed by atoms with E-state index < -0.39 is 17.8 Å². The highest BCUT2D eigenvalue weighted by Gasteiger charge is 2.15. The monoisotopic (exact) mass is 445 g/mol. The molecule has 5 N–H and O–H groups in total. The lowest BCUT2D eigenvalue weighted by Crippen LogP contribution is -2.23. The van der Waals surface area contributed by atoms with Crippen molar-refractivity contribution in [3.63, 3.8) is 0 Å². The summed E-state index contributed by atoms with van der Waals surface area (Å²) in [6, 6.07) is 13.3. The standard InChI is InChI=1S/C21H19N3O6.ClH/c22-20(23)14-2-1-13-10-15(4-3-12(13)9-14)30-21(28)17-6-5-16(29-17)11-24-18(25)7-8-19(26)27;/h1-6,9-10H,7-8,11H2,(H3,22,23)(H,24,25)(H,26,27);1H. The second kappa shape index (κ2) is 10.3. The van der Waals surface area contributed by atoms with Gasteiger partial charge >= 0.3 is 11.9 Å². The Hall–Kier alpha value is -3.85. The van der Waals surface area contributed by atoms with Crippen molar-refractivity contribution in [3.8, 4) is 5.75 Å². The predicted molar refractivity (Wildman–Crippen MR) is 115 cm³/mol. The van der Waals surface area contributed by atoms with E-state index in [0.717, 1.165) is 10.8 Å². The SMILES string of the molecule is Cl.N=C(N)c1ccc2cc(OC(=O)c3ccc(CNC(=O)CCC(=O)O)o3)ccc2c1. The number of carbonyl (C=O) groups is 3. The van der Waals surface area contributed by atoms with Crippen LogP contribution in [0.15, 0.2) is 52.9 Å². The quantitative estimate of drug-likeness (QED) is 0.180. The molecule has 0 atom stereocenters. The Morgan fingerprint density at radius 2 is 1.74 bits per heavy atom. The molecule has 31 heavy (non-hydrogen) atoms. The molecule has 2 aromatic carbocycles. The molecular weight excluding hydrogens is 426 g/mol. The number of esters is 1. The number of amidine groups is 1. The van der Waals surface area contributed by atoms with Gasteiger partial charge in [0.2, 0.25) is 11.7 Å². The lowest BCUT2D eigenvalue weighted by Gasteiger charge is -2.06. The summed E-state index contributed by atoms with van der Waals surface area (Å²) in [6.07, 6.45) is -0.399. The van der Waals surface area contributed by atoms with Gasteiger partial charge in [0, 0.05) is 12.0 Å². The molecule has 9 nitrogen and oxygen atoms in total. The van der Waals surface area contributed by atoms with Gasteiger partial charge in [0.25, 0.3) is 0 Å². The van der Waals surface area contributed by atoms with Crippen molar-refractivity contribution in [1.29, 1.82) is 5.41 Å². The molecule has 3 rings (SSSR count). The van der Waals surface area contributed by atoms with Crippen molar-refractivity contribution in [2.75, 3.05) is 0 Å². The van der Waals surface area contributed by atoms with Gasteiger partial charge in [-0.2, -0.15) is 0 Å². The van der Waals surface area contributed by atoms with Crippen molar-refractivity contribution >= 4 is 46.9 Å². The number of furan rings is 1. The van der Waals surface area contributed by atoms with E-state index in [1.165, 1.54) is 12.1 Å². The van der Waals surface area contributed by atoms with Crippen molar-refractivity contribution in [1.82, 2.24) is 5.32 Å². The minimum absolute atomic E-state index is 0. The highest BCUT2D eigenvalue weighted by molar-refractivity contribution is 5.99. The molecule has 0 saturated heterocycles. The molecule has 0 fully saturated rings. The number of carboxylic acids is 1. The first-order chi connectivity index (χ1) is 14.3. The second-order valence-corrected chi connectivity index (χ2v) is 6.46. The third-order valence-corrected chi connectivity index (χ3v) is 4.22. The van der Waals surface area contributed by atoms with Gasteiger partial charge in [0.15, 0.2) is 0 Å². The third-order valence-electron chi connectivity index (χ3n) is 4.22.